The molecule has 8 heteroatoms. The number of carbonyl (C=O) groups is 3. The second kappa shape index (κ2) is 9.61. The average molecular weight is 440 g/mol. The SMILES string of the molecule is CC(=O)c1sc(NC(=O)C(NC(=O)c2ccccc2F)C(C)C)nc1-c1ccccc1. The molecule has 2 N–H and O–H groups in total. The van der Waals surface area contributed by atoms with Crippen LogP contribution in [0.15, 0.2) is 54.6 Å². The number of thiazole rings is 1. The molecule has 0 saturated heterocycles. The van der Waals surface area contributed by atoms with E-state index in [2.05, 4.69) is 15.6 Å². The third-order valence-corrected chi connectivity index (χ3v) is 5.65. The summed E-state index contributed by atoms with van der Waals surface area (Å²) in [6.07, 6.45) is 0. The molecular weight excluding hydrogens is 417 g/mol. The monoisotopic (exact) mass is 439 g/mol. The number of nitrogens with zero attached hydrogens (tertiary/aromatic N) is 1. The van der Waals surface area contributed by atoms with Gasteiger partial charge in [0.05, 0.1) is 16.1 Å². The smallest absolute Gasteiger partial charge is 0.254 e. The molecule has 0 fully saturated rings. The fourth-order valence-corrected chi connectivity index (χ4v) is 3.87. The van der Waals surface area contributed by atoms with Crippen molar-refractivity contribution in [2.45, 2.75) is 26.8 Å². The van der Waals surface area contributed by atoms with E-state index in [0.29, 0.717) is 10.6 Å². The van der Waals surface area contributed by atoms with Crippen molar-refractivity contribution in [3.05, 3.63) is 70.9 Å². The van der Waals surface area contributed by atoms with Crippen molar-refractivity contribution in [3.63, 3.8) is 0 Å². The predicted molar refractivity (Wildman–Crippen MR) is 119 cm³/mol. The van der Waals surface area contributed by atoms with E-state index < -0.39 is 23.7 Å². The van der Waals surface area contributed by atoms with E-state index in [0.717, 1.165) is 16.9 Å². The zero-order chi connectivity index (χ0) is 22.5. The number of carbonyl (C=O) groups excluding carboxylic acids is 3. The molecule has 1 heterocycles. The fourth-order valence-electron chi connectivity index (χ4n) is 2.99. The maximum absolute atomic E-state index is 13.9. The van der Waals surface area contributed by atoms with Crippen molar-refractivity contribution < 1.29 is 18.8 Å². The number of ketones is 1. The first-order valence-corrected chi connectivity index (χ1v) is 10.5. The van der Waals surface area contributed by atoms with E-state index >= 15 is 0 Å². The van der Waals surface area contributed by atoms with Gasteiger partial charge >= 0.3 is 0 Å². The van der Waals surface area contributed by atoms with Crippen molar-refractivity contribution in [2.24, 2.45) is 5.92 Å². The molecule has 0 saturated carbocycles. The Morgan fingerprint density at radius 1 is 1.00 bits per heavy atom. The van der Waals surface area contributed by atoms with Crippen LogP contribution < -0.4 is 10.6 Å². The van der Waals surface area contributed by atoms with E-state index in [-0.39, 0.29) is 22.4 Å². The summed E-state index contributed by atoms with van der Waals surface area (Å²) in [5.41, 5.74) is 1.11. The molecule has 31 heavy (non-hydrogen) atoms. The molecular formula is C23H22FN3O3S. The highest BCUT2D eigenvalue weighted by Gasteiger charge is 2.27. The van der Waals surface area contributed by atoms with E-state index in [9.17, 15) is 18.8 Å². The molecule has 160 valence electrons. The molecule has 2 aromatic carbocycles. The Morgan fingerprint density at radius 3 is 2.26 bits per heavy atom. The van der Waals surface area contributed by atoms with Crippen molar-refractivity contribution in [3.8, 4) is 11.3 Å². The molecule has 3 aromatic rings. The van der Waals surface area contributed by atoms with Crippen molar-refractivity contribution in [1.82, 2.24) is 10.3 Å². The molecule has 0 bridgehead atoms. The fraction of sp³-hybridized carbons (Fsp3) is 0.217. The lowest BCUT2D eigenvalue weighted by atomic mass is 10.0. The van der Waals surface area contributed by atoms with Gasteiger partial charge in [0.25, 0.3) is 5.91 Å². The average Bonchev–Trinajstić information content (AvgIpc) is 3.16. The normalized spacial score (nSPS) is 11.8. The third kappa shape index (κ3) is 5.21. The zero-order valence-electron chi connectivity index (χ0n) is 17.3. The maximum Gasteiger partial charge on any atom is 0.254 e. The van der Waals surface area contributed by atoms with Crippen LogP contribution in [0.4, 0.5) is 9.52 Å². The van der Waals surface area contributed by atoms with Crippen molar-refractivity contribution in [1.29, 1.82) is 0 Å². The minimum atomic E-state index is -0.919. The second-order valence-electron chi connectivity index (χ2n) is 7.28. The molecule has 3 rings (SSSR count). The molecule has 2 amide bonds. The van der Waals surface area contributed by atoms with E-state index in [1.54, 1.807) is 19.9 Å². The standard InChI is InChI=1S/C23H22FN3O3S/c1-13(2)18(25-21(29)16-11-7-8-12-17(16)24)22(30)27-23-26-19(20(31-23)14(3)28)15-9-5-4-6-10-15/h4-13,18H,1-3H3,(H,25,29)(H,26,27,30). The molecule has 1 atom stereocenters. The topological polar surface area (TPSA) is 88.2 Å². The molecule has 0 spiro atoms. The van der Waals surface area contributed by atoms with Gasteiger partial charge in [0.15, 0.2) is 10.9 Å². The van der Waals surface area contributed by atoms with Crippen LogP contribution in [0.3, 0.4) is 0 Å². The van der Waals surface area contributed by atoms with Crippen molar-refractivity contribution in [2.75, 3.05) is 5.32 Å². The van der Waals surface area contributed by atoms with Gasteiger partial charge in [0.1, 0.15) is 11.9 Å². The maximum atomic E-state index is 13.9. The second-order valence-corrected chi connectivity index (χ2v) is 8.28. The first-order valence-electron chi connectivity index (χ1n) is 9.71. The highest BCUT2D eigenvalue weighted by Crippen LogP contribution is 2.31. The highest BCUT2D eigenvalue weighted by atomic mass is 32.1. The number of benzene rings is 2. The summed E-state index contributed by atoms with van der Waals surface area (Å²) in [6.45, 7) is 4.98. The summed E-state index contributed by atoms with van der Waals surface area (Å²) in [4.78, 5) is 42.3. The highest BCUT2D eigenvalue weighted by molar-refractivity contribution is 7.18. The first kappa shape index (κ1) is 22.3. The van der Waals surface area contributed by atoms with Crippen LogP contribution in [0.25, 0.3) is 11.3 Å². The molecule has 1 aromatic heterocycles. The molecule has 6 nitrogen and oxygen atoms in total. The van der Waals surface area contributed by atoms with E-state index in [1.165, 1.54) is 25.1 Å². The summed E-state index contributed by atoms with van der Waals surface area (Å²) >= 11 is 1.07. The number of Topliss-reactive ketones (excluding diaryl/α,β-unsaturated/α-hetero) is 1. The van der Waals surface area contributed by atoms with Gasteiger partial charge in [-0.1, -0.05) is 67.6 Å². The molecule has 0 aliphatic rings. The summed E-state index contributed by atoms with van der Waals surface area (Å²) in [6, 6.07) is 13.8. The minimum Gasteiger partial charge on any atom is -0.340 e. The van der Waals surface area contributed by atoms with Crippen LogP contribution in [0.5, 0.6) is 0 Å². The van der Waals surface area contributed by atoms with Crippen LogP contribution in [0.1, 0.15) is 40.8 Å². The van der Waals surface area contributed by atoms with Crippen LogP contribution >= 0.6 is 11.3 Å². The number of anilines is 1. The first-order chi connectivity index (χ1) is 14.8. The lowest BCUT2D eigenvalue weighted by Gasteiger charge is -2.21. The number of nitrogens with one attached hydrogen (secondary N) is 2. The van der Waals surface area contributed by atoms with Crippen LogP contribution in [0.2, 0.25) is 0 Å². The molecule has 0 radical (unpaired) electrons. The lowest BCUT2D eigenvalue weighted by Crippen LogP contribution is -2.47. The largest absolute Gasteiger partial charge is 0.340 e. The third-order valence-electron chi connectivity index (χ3n) is 4.58. The Morgan fingerprint density at radius 2 is 1.65 bits per heavy atom. The van der Waals surface area contributed by atoms with Gasteiger partial charge in [-0.2, -0.15) is 0 Å². The predicted octanol–water partition coefficient (Wildman–Crippen LogP) is 4.54. The Labute approximate surface area is 183 Å². The van der Waals surface area contributed by atoms with Gasteiger partial charge in [0.2, 0.25) is 5.91 Å². The number of aromatic nitrogens is 1. The lowest BCUT2D eigenvalue weighted by molar-refractivity contribution is -0.118. The van der Waals surface area contributed by atoms with Crippen LogP contribution in [0, 0.1) is 11.7 Å². The quantitative estimate of drug-likeness (QED) is 0.529. The molecule has 0 aliphatic carbocycles. The summed E-state index contributed by atoms with van der Waals surface area (Å²) in [5, 5.41) is 5.53. The van der Waals surface area contributed by atoms with Crippen LogP contribution in [-0.2, 0) is 4.79 Å². The summed E-state index contributed by atoms with van der Waals surface area (Å²) in [5.74, 6) is -2.27. The Bertz CT molecular complexity index is 1110. The Kier molecular flexibility index (Phi) is 6.91. The van der Waals surface area contributed by atoms with Gasteiger partial charge in [0, 0.05) is 12.5 Å². The summed E-state index contributed by atoms with van der Waals surface area (Å²) < 4.78 is 13.9. The number of rotatable bonds is 7. The van der Waals surface area contributed by atoms with Gasteiger partial charge in [-0.25, -0.2) is 9.37 Å². The number of halogens is 1. The van der Waals surface area contributed by atoms with Crippen molar-refractivity contribution >= 4 is 34.1 Å². The van der Waals surface area contributed by atoms with Gasteiger partial charge < -0.3 is 10.6 Å². The van der Waals surface area contributed by atoms with Gasteiger partial charge in [-0.3, -0.25) is 14.4 Å². The minimum absolute atomic E-state index is 0.138. The van der Waals surface area contributed by atoms with E-state index in [4.69, 9.17) is 0 Å². The molecule has 1 unspecified atom stereocenters. The van der Waals surface area contributed by atoms with Gasteiger partial charge in [-0.15, -0.1) is 0 Å². The number of hydrogen-bond acceptors (Lipinski definition) is 5. The molecule has 0 aliphatic heterocycles. The Hall–Kier alpha value is -3.39. The number of amides is 2. The Balaban J connectivity index is 1.82. The van der Waals surface area contributed by atoms with Gasteiger partial charge in [-0.05, 0) is 18.1 Å². The zero-order valence-corrected chi connectivity index (χ0v) is 18.1. The van der Waals surface area contributed by atoms with Crippen LogP contribution in [-0.4, -0.2) is 28.6 Å². The number of hydrogen-bond donors (Lipinski definition) is 2. The summed E-state index contributed by atoms with van der Waals surface area (Å²) in [7, 11) is 0. The van der Waals surface area contributed by atoms with E-state index in [1.807, 2.05) is 30.3 Å².